The Hall–Kier alpha value is -2.27. The fourth-order valence-corrected chi connectivity index (χ4v) is 3.57. The van der Waals surface area contributed by atoms with Crippen LogP contribution in [0.1, 0.15) is 0 Å². The van der Waals surface area contributed by atoms with Gasteiger partial charge in [-0.1, -0.05) is 33.7 Å². The Kier molecular flexibility index (Phi) is 6.66. The molecule has 1 aromatic rings. The number of para-hydroxylation sites is 1. The molecule has 1 aromatic carbocycles. The second-order valence-corrected chi connectivity index (χ2v) is 6.14. The molecule has 1 rings (SSSR count). The van der Waals surface area contributed by atoms with Crippen molar-refractivity contribution < 1.29 is 29.5 Å². The van der Waals surface area contributed by atoms with Crippen LogP contribution in [-0.4, -0.2) is 44.8 Å². The van der Waals surface area contributed by atoms with E-state index in [1.807, 2.05) is 5.32 Å². The molecular weight excluding hydrogens is 336 g/mol. The summed E-state index contributed by atoms with van der Waals surface area (Å²) in [5, 5.41) is 30.0. The molecule has 0 aromatic heterocycles. The fourth-order valence-electron chi connectivity index (χ4n) is 1.24. The number of nitrogens with one attached hydrogen (secondary N) is 1. The zero-order valence-corrected chi connectivity index (χ0v) is 12.4. The molecular formula is C11H10N2O7S2. The molecule has 0 unspecified atom stereocenters. The Balaban J connectivity index is 2.64. The molecule has 0 radical (unpaired) electrons. The van der Waals surface area contributed by atoms with Gasteiger partial charge in [-0.2, -0.15) is 0 Å². The first-order chi connectivity index (χ1) is 10.3. The lowest BCUT2D eigenvalue weighted by molar-refractivity contribution is -0.387. The predicted octanol–water partition coefficient (Wildman–Crippen LogP) is 0.989. The van der Waals surface area contributed by atoms with Gasteiger partial charge in [-0.25, -0.2) is 9.59 Å². The average molecular weight is 346 g/mol. The second-order valence-electron chi connectivity index (χ2n) is 3.76. The van der Waals surface area contributed by atoms with Crippen LogP contribution in [-0.2, 0) is 14.4 Å². The topological polar surface area (TPSA) is 147 Å². The van der Waals surface area contributed by atoms with Crippen molar-refractivity contribution in [3.05, 3.63) is 34.4 Å². The molecule has 1 amide bonds. The molecule has 11 heteroatoms. The molecule has 1 atom stereocenters. The van der Waals surface area contributed by atoms with Crippen LogP contribution < -0.4 is 5.32 Å². The minimum absolute atomic E-state index is 0.124. The molecule has 9 nitrogen and oxygen atoms in total. The number of aliphatic carboxylic acids is 2. The van der Waals surface area contributed by atoms with Crippen LogP contribution in [0.2, 0.25) is 0 Å². The number of nitrogens with zero attached hydrogens (tertiary/aromatic N) is 1. The molecule has 3 N–H and O–H groups in total. The van der Waals surface area contributed by atoms with Crippen LogP contribution in [0.3, 0.4) is 0 Å². The molecule has 0 saturated heterocycles. The Morgan fingerprint density at radius 3 is 2.45 bits per heavy atom. The zero-order valence-electron chi connectivity index (χ0n) is 10.8. The van der Waals surface area contributed by atoms with Crippen LogP contribution in [0.4, 0.5) is 5.69 Å². The molecule has 0 fully saturated rings. The van der Waals surface area contributed by atoms with Gasteiger partial charge < -0.3 is 15.5 Å². The van der Waals surface area contributed by atoms with Gasteiger partial charge in [0.25, 0.3) is 5.69 Å². The van der Waals surface area contributed by atoms with Crippen LogP contribution in [0.5, 0.6) is 0 Å². The quantitative estimate of drug-likeness (QED) is 0.284. The normalized spacial score (nSPS) is 11.5. The Morgan fingerprint density at radius 1 is 1.27 bits per heavy atom. The lowest BCUT2D eigenvalue weighted by Crippen LogP contribution is -2.45. The lowest BCUT2D eigenvalue weighted by atomic mass is 10.3. The number of carboxylic acid groups (broad SMARTS) is 2. The number of amides is 1. The average Bonchev–Trinajstić information content (AvgIpc) is 2.45. The van der Waals surface area contributed by atoms with Gasteiger partial charge in [0.05, 0.1) is 9.82 Å². The van der Waals surface area contributed by atoms with Crippen LogP contribution >= 0.6 is 21.6 Å². The van der Waals surface area contributed by atoms with E-state index >= 15 is 0 Å². The van der Waals surface area contributed by atoms with E-state index in [4.69, 9.17) is 10.2 Å². The van der Waals surface area contributed by atoms with Crippen molar-refractivity contribution >= 4 is 45.1 Å². The Labute approximate surface area is 131 Å². The van der Waals surface area contributed by atoms with Crippen LogP contribution in [0.25, 0.3) is 0 Å². The van der Waals surface area contributed by atoms with Gasteiger partial charge >= 0.3 is 17.8 Å². The first-order valence-corrected chi connectivity index (χ1v) is 7.94. The number of hydrogen-bond acceptors (Lipinski definition) is 7. The summed E-state index contributed by atoms with van der Waals surface area (Å²) in [6, 6.07) is 4.49. The SMILES string of the molecule is O=C(O)C(=O)N[C@@H](CSSc1ccccc1[N+](=O)[O-])C(=O)O. The van der Waals surface area contributed by atoms with Crippen molar-refractivity contribution in [2.75, 3.05) is 5.75 Å². The van der Waals surface area contributed by atoms with Gasteiger partial charge in [0, 0.05) is 11.8 Å². The van der Waals surface area contributed by atoms with Gasteiger partial charge in [-0.05, 0) is 6.07 Å². The molecule has 0 aliphatic rings. The van der Waals surface area contributed by atoms with Gasteiger partial charge in [0.15, 0.2) is 0 Å². The number of nitro benzene ring substituents is 1. The zero-order chi connectivity index (χ0) is 16.7. The Bertz CT molecular complexity index is 608. The minimum atomic E-state index is -1.79. The maximum absolute atomic E-state index is 11.0. The molecule has 0 spiro atoms. The lowest BCUT2D eigenvalue weighted by Gasteiger charge is -2.12. The van der Waals surface area contributed by atoms with Gasteiger partial charge in [-0.3, -0.25) is 14.9 Å². The van der Waals surface area contributed by atoms with Crippen molar-refractivity contribution in [3.8, 4) is 0 Å². The van der Waals surface area contributed by atoms with E-state index in [1.165, 1.54) is 18.2 Å². The first-order valence-electron chi connectivity index (χ1n) is 5.62. The summed E-state index contributed by atoms with van der Waals surface area (Å²) in [6.45, 7) is 0. The van der Waals surface area contributed by atoms with Crippen molar-refractivity contribution in [2.45, 2.75) is 10.9 Å². The molecule has 0 aliphatic heterocycles. The summed E-state index contributed by atoms with van der Waals surface area (Å²) in [5.74, 6) is -4.78. The monoisotopic (exact) mass is 346 g/mol. The van der Waals surface area contributed by atoms with Crippen molar-refractivity contribution in [1.29, 1.82) is 0 Å². The van der Waals surface area contributed by atoms with E-state index in [2.05, 4.69) is 0 Å². The number of nitro groups is 1. The molecule has 0 saturated carbocycles. The summed E-state index contributed by atoms with van der Waals surface area (Å²) in [7, 11) is 1.92. The number of carbonyl (C=O) groups is 3. The Morgan fingerprint density at radius 2 is 1.91 bits per heavy atom. The molecule has 22 heavy (non-hydrogen) atoms. The highest BCUT2D eigenvalue weighted by Crippen LogP contribution is 2.37. The standard InChI is InChI=1S/C11H10N2O7S2/c14-9(11(17)18)12-6(10(15)16)5-21-22-8-4-2-1-3-7(8)13(19)20/h1-4,6H,5H2,(H,12,14)(H,15,16)(H,17,18)/t6-/m0/s1. The van der Waals surface area contributed by atoms with Crippen molar-refractivity contribution in [1.82, 2.24) is 5.32 Å². The predicted molar refractivity (Wildman–Crippen MR) is 78.6 cm³/mol. The third kappa shape index (κ3) is 5.26. The van der Waals surface area contributed by atoms with Gasteiger partial charge in [-0.15, -0.1) is 0 Å². The maximum Gasteiger partial charge on any atom is 0.394 e. The highest BCUT2D eigenvalue weighted by molar-refractivity contribution is 8.76. The molecule has 0 aliphatic carbocycles. The highest BCUT2D eigenvalue weighted by atomic mass is 33.1. The van der Waals surface area contributed by atoms with Gasteiger partial charge in [0.2, 0.25) is 0 Å². The smallest absolute Gasteiger partial charge is 0.394 e. The van der Waals surface area contributed by atoms with E-state index in [1.54, 1.807) is 6.07 Å². The molecule has 118 valence electrons. The summed E-state index contributed by atoms with van der Waals surface area (Å²) >= 11 is 0. The van der Waals surface area contributed by atoms with Crippen LogP contribution in [0, 0.1) is 10.1 Å². The van der Waals surface area contributed by atoms with Crippen molar-refractivity contribution in [3.63, 3.8) is 0 Å². The number of carboxylic acids is 2. The maximum atomic E-state index is 11.0. The molecule has 0 heterocycles. The van der Waals surface area contributed by atoms with E-state index in [0.29, 0.717) is 4.90 Å². The number of hydrogen-bond donors (Lipinski definition) is 3. The molecule has 0 bridgehead atoms. The number of rotatable bonds is 7. The van der Waals surface area contributed by atoms with Gasteiger partial charge in [0.1, 0.15) is 6.04 Å². The van der Waals surface area contributed by atoms with Crippen LogP contribution in [0.15, 0.2) is 29.2 Å². The summed E-state index contributed by atoms with van der Waals surface area (Å²) in [5.41, 5.74) is -0.124. The third-order valence-electron chi connectivity index (χ3n) is 2.24. The fraction of sp³-hybridized carbons (Fsp3) is 0.182. The minimum Gasteiger partial charge on any atom is -0.480 e. The largest absolute Gasteiger partial charge is 0.480 e. The van der Waals surface area contributed by atoms with E-state index < -0.39 is 28.8 Å². The van der Waals surface area contributed by atoms with E-state index in [0.717, 1.165) is 21.6 Å². The number of benzene rings is 1. The van der Waals surface area contributed by atoms with Crippen molar-refractivity contribution in [2.24, 2.45) is 0 Å². The van der Waals surface area contributed by atoms with E-state index in [-0.39, 0.29) is 11.4 Å². The third-order valence-corrected chi connectivity index (χ3v) is 4.66. The second kappa shape index (κ2) is 8.24. The van der Waals surface area contributed by atoms with E-state index in [9.17, 15) is 24.5 Å². The first kappa shape index (κ1) is 17.8. The summed E-state index contributed by atoms with van der Waals surface area (Å²) < 4.78 is 0. The summed E-state index contributed by atoms with van der Waals surface area (Å²) in [4.78, 5) is 42.8. The number of carbonyl (C=O) groups excluding carboxylic acids is 1. The summed E-state index contributed by atoms with van der Waals surface area (Å²) in [6.07, 6.45) is 0. The highest BCUT2D eigenvalue weighted by Gasteiger charge is 2.24.